The summed E-state index contributed by atoms with van der Waals surface area (Å²) < 4.78 is 30.0. The number of ether oxygens (including phenoxy) is 1. The maximum absolute atomic E-state index is 11.8. The molecule has 1 N–H and O–H groups in total. The van der Waals surface area contributed by atoms with Gasteiger partial charge in [-0.25, -0.2) is 12.7 Å². The third-order valence-corrected chi connectivity index (χ3v) is 5.44. The van der Waals surface area contributed by atoms with Crippen LogP contribution >= 0.6 is 0 Å². The van der Waals surface area contributed by atoms with E-state index in [1.807, 2.05) is 0 Å². The van der Waals surface area contributed by atoms with Crippen molar-refractivity contribution in [3.05, 3.63) is 0 Å². The van der Waals surface area contributed by atoms with E-state index in [0.29, 0.717) is 12.5 Å². The third-order valence-electron chi connectivity index (χ3n) is 3.70. The van der Waals surface area contributed by atoms with Crippen LogP contribution in [-0.2, 0) is 19.6 Å². The van der Waals surface area contributed by atoms with E-state index in [4.69, 9.17) is 4.74 Å². The Morgan fingerprint density at radius 2 is 2.00 bits per heavy atom. The molecular formula is C12H22N2O4S. The largest absolute Gasteiger partial charge is 0.378 e. The van der Waals surface area contributed by atoms with Crippen molar-refractivity contribution in [3.8, 4) is 0 Å². The summed E-state index contributed by atoms with van der Waals surface area (Å²) in [6.07, 6.45) is 4.22. The molecule has 0 aromatic rings. The van der Waals surface area contributed by atoms with Gasteiger partial charge in [-0.15, -0.1) is 0 Å². The monoisotopic (exact) mass is 290 g/mol. The Kier molecular flexibility index (Phi) is 4.47. The topological polar surface area (TPSA) is 75.7 Å². The molecule has 0 aromatic heterocycles. The van der Waals surface area contributed by atoms with Crippen LogP contribution in [0.1, 0.15) is 25.7 Å². The molecule has 2 rings (SSSR count). The third kappa shape index (κ3) is 4.15. The smallest absolute Gasteiger partial charge is 0.236 e. The lowest BCUT2D eigenvalue weighted by atomic mass is 10.0. The molecule has 19 heavy (non-hydrogen) atoms. The highest BCUT2D eigenvalue weighted by atomic mass is 32.2. The number of nitrogens with zero attached hydrogens (tertiary/aromatic N) is 1. The average Bonchev–Trinajstić information content (AvgIpc) is 3.11. The van der Waals surface area contributed by atoms with E-state index in [0.717, 1.165) is 17.1 Å². The predicted molar refractivity (Wildman–Crippen MR) is 71.1 cm³/mol. The minimum Gasteiger partial charge on any atom is -0.378 e. The molecule has 0 radical (unpaired) electrons. The van der Waals surface area contributed by atoms with Crippen molar-refractivity contribution in [1.29, 1.82) is 0 Å². The quantitative estimate of drug-likeness (QED) is 0.770. The normalized spacial score (nSPS) is 28.4. The van der Waals surface area contributed by atoms with Crippen LogP contribution in [0, 0.1) is 5.92 Å². The minimum absolute atomic E-state index is 0.0456. The van der Waals surface area contributed by atoms with Crippen LogP contribution < -0.4 is 5.32 Å². The van der Waals surface area contributed by atoms with E-state index in [1.54, 1.807) is 0 Å². The van der Waals surface area contributed by atoms with E-state index in [-0.39, 0.29) is 12.1 Å². The summed E-state index contributed by atoms with van der Waals surface area (Å²) in [6, 6.07) is 0.0456. The van der Waals surface area contributed by atoms with Gasteiger partial charge in [0.1, 0.15) is 5.75 Å². The highest BCUT2D eigenvalue weighted by Gasteiger charge is 2.36. The first kappa shape index (κ1) is 14.7. The molecule has 2 unspecified atom stereocenters. The summed E-state index contributed by atoms with van der Waals surface area (Å²) in [4.78, 5) is 11.8. The van der Waals surface area contributed by atoms with Gasteiger partial charge in [0.15, 0.2) is 0 Å². The first-order valence-electron chi connectivity index (χ1n) is 6.69. The number of hydrogen-bond acceptors (Lipinski definition) is 4. The molecule has 1 heterocycles. The first-order chi connectivity index (χ1) is 8.88. The molecule has 1 amide bonds. The zero-order chi connectivity index (χ0) is 14.0. The number of sulfonamides is 1. The summed E-state index contributed by atoms with van der Waals surface area (Å²) in [7, 11) is -0.614. The van der Waals surface area contributed by atoms with Crippen LogP contribution in [0.15, 0.2) is 0 Å². The molecule has 0 bridgehead atoms. The van der Waals surface area contributed by atoms with Crippen molar-refractivity contribution in [2.45, 2.75) is 37.8 Å². The standard InChI is InChI=1S/C12H22N2O4S/c1-14(2)19(16,17)8-12(15)13-10-5-6-18-11(7-10)9-3-4-9/h9-11H,3-8H2,1-2H3,(H,13,15). The number of amides is 1. The van der Waals surface area contributed by atoms with Crippen molar-refractivity contribution in [2.24, 2.45) is 5.92 Å². The summed E-state index contributed by atoms with van der Waals surface area (Å²) >= 11 is 0. The Labute approximate surface area is 114 Å². The van der Waals surface area contributed by atoms with Gasteiger partial charge in [-0.2, -0.15) is 0 Å². The lowest BCUT2D eigenvalue weighted by Crippen LogP contribution is -2.45. The Morgan fingerprint density at radius 3 is 2.58 bits per heavy atom. The maximum Gasteiger partial charge on any atom is 0.236 e. The number of carbonyl (C=O) groups is 1. The summed E-state index contributed by atoms with van der Waals surface area (Å²) in [5.74, 6) is -0.258. The van der Waals surface area contributed by atoms with Crippen LogP contribution in [-0.4, -0.2) is 57.2 Å². The van der Waals surface area contributed by atoms with Crippen LogP contribution in [0.2, 0.25) is 0 Å². The van der Waals surface area contributed by atoms with Gasteiger partial charge in [0.05, 0.1) is 6.10 Å². The molecular weight excluding hydrogens is 268 g/mol. The second kappa shape index (κ2) is 5.76. The van der Waals surface area contributed by atoms with Gasteiger partial charge < -0.3 is 10.1 Å². The van der Waals surface area contributed by atoms with Crippen molar-refractivity contribution in [2.75, 3.05) is 26.5 Å². The predicted octanol–water partition coefficient (Wildman–Crippen LogP) is -0.0484. The minimum atomic E-state index is -3.48. The van der Waals surface area contributed by atoms with Gasteiger partial charge in [0.2, 0.25) is 15.9 Å². The Hall–Kier alpha value is -0.660. The molecule has 1 aliphatic heterocycles. The van der Waals surface area contributed by atoms with Gasteiger partial charge in [0.25, 0.3) is 0 Å². The second-order valence-corrected chi connectivity index (χ2v) is 7.76. The highest BCUT2D eigenvalue weighted by molar-refractivity contribution is 7.89. The fourth-order valence-electron chi connectivity index (χ4n) is 2.32. The molecule has 7 heteroatoms. The van der Waals surface area contributed by atoms with Crippen molar-refractivity contribution in [3.63, 3.8) is 0 Å². The van der Waals surface area contributed by atoms with E-state index in [9.17, 15) is 13.2 Å². The molecule has 2 aliphatic rings. The highest BCUT2D eigenvalue weighted by Crippen LogP contribution is 2.38. The van der Waals surface area contributed by atoms with Gasteiger partial charge in [-0.05, 0) is 31.6 Å². The summed E-state index contributed by atoms with van der Waals surface area (Å²) in [6.45, 7) is 0.645. The van der Waals surface area contributed by atoms with E-state index in [2.05, 4.69) is 5.32 Å². The van der Waals surface area contributed by atoms with E-state index < -0.39 is 21.7 Å². The Bertz CT molecular complexity index is 431. The fourth-order valence-corrected chi connectivity index (χ4v) is 2.99. The summed E-state index contributed by atoms with van der Waals surface area (Å²) in [5, 5.41) is 2.82. The van der Waals surface area contributed by atoms with E-state index >= 15 is 0 Å². The van der Waals surface area contributed by atoms with Gasteiger partial charge in [-0.3, -0.25) is 4.79 Å². The van der Waals surface area contributed by atoms with Crippen LogP contribution in [0.4, 0.5) is 0 Å². The molecule has 2 atom stereocenters. The Balaban J connectivity index is 1.81. The first-order valence-corrected chi connectivity index (χ1v) is 8.30. The van der Waals surface area contributed by atoms with Gasteiger partial charge in [-0.1, -0.05) is 0 Å². The molecule has 1 aliphatic carbocycles. The van der Waals surface area contributed by atoms with Gasteiger partial charge in [0, 0.05) is 26.7 Å². The summed E-state index contributed by atoms with van der Waals surface area (Å²) in [5.41, 5.74) is 0. The molecule has 1 saturated heterocycles. The van der Waals surface area contributed by atoms with Crippen LogP contribution in [0.5, 0.6) is 0 Å². The second-order valence-electron chi connectivity index (χ2n) is 5.57. The van der Waals surface area contributed by atoms with Crippen molar-refractivity contribution in [1.82, 2.24) is 9.62 Å². The maximum atomic E-state index is 11.8. The lowest BCUT2D eigenvalue weighted by molar-refractivity contribution is -0.120. The molecule has 1 saturated carbocycles. The lowest BCUT2D eigenvalue weighted by Gasteiger charge is -2.30. The van der Waals surface area contributed by atoms with Crippen molar-refractivity contribution < 1.29 is 17.9 Å². The zero-order valence-electron chi connectivity index (χ0n) is 11.5. The van der Waals surface area contributed by atoms with Crippen molar-refractivity contribution >= 4 is 15.9 Å². The van der Waals surface area contributed by atoms with Crippen LogP contribution in [0.3, 0.4) is 0 Å². The number of hydrogen-bond donors (Lipinski definition) is 1. The molecule has 0 aromatic carbocycles. The fraction of sp³-hybridized carbons (Fsp3) is 0.917. The number of rotatable bonds is 5. The molecule has 2 fully saturated rings. The average molecular weight is 290 g/mol. The molecule has 110 valence electrons. The van der Waals surface area contributed by atoms with E-state index in [1.165, 1.54) is 26.9 Å². The van der Waals surface area contributed by atoms with Gasteiger partial charge >= 0.3 is 0 Å². The Morgan fingerprint density at radius 1 is 1.32 bits per heavy atom. The number of nitrogens with one attached hydrogen (secondary N) is 1. The molecule has 6 nitrogen and oxygen atoms in total. The number of carbonyl (C=O) groups excluding carboxylic acids is 1. The van der Waals surface area contributed by atoms with Crippen LogP contribution in [0.25, 0.3) is 0 Å². The SMILES string of the molecule is CN(C)S(=O)(=O)CC(=O)NC1CCOC(C2CC2)C1. The zero-order valence-corrected chi connectivity index (χ0v) is 12.3. The molecule has 0 spiro atoms.